The van der Waals surface area contributed by atoms with Crippen LogP contribution in [0.15, 0.2) is 158 Å². The van der Waals surface area contributed by atoms with Crippen molar-refractivity contribution in [2.24, 2.45) is 0 Å². The van der Waals surface area contributed by atoms with Crippen LogP contribution in [0, 0.1) is 12.1 Å². The van der Waals surface area contributed by atoms with Gasteiger partial charge in [-0.3, -0.25) is 6.08 Å². The first-order valence-electron chi connectivity index (χ1n) is 18.3. The first-order chi connectivity index (χ1) is 25.0. The van der Waals surface area contributed by atoms with Crippen molar-refractivity contribution >= 4 is 3.21 Å². The van der Waals surface area contributed by atoms with Crippen molar-refractivity contribution in [3.63, 3.8) is 0 Å². The Bertz CT molecular complexity index is 2020. The summed E-state index contributed by atoms with van der Waals surface area (Å²) in [5.74, 6) is 0. The van der Waals surface area contributed by atoms with Gasteiger partial charge in [0.05, 0.1) is 0 Å². The third-order valence-corrected chi connectivity index (χ3v) is 11.0. The molecule has 0 bridgehead atoms. The van der Waals surface area contributed by atoms with Crippen LogP contribution in [0.3, 0.4) is 0 Å². The second-order valence-corrected chi connectivity index (χ2v) is 16.8. The van der Waals surface area contributed by atoms with Gasteiger partial charge in [0.2, 0.25) is 0 Å². The van der Waals surface area contributed by atoms with Crippen LogP contribution in [0.5, 0.6) is 0 Å². The van der Waals surface area contributed by atoms with Crippen LogP contribution in [0.4, 0.5) is 0 Å². The molecule has 0 atom stereocenters. The zero-order valence-electron chi connectivity index (χ0n) is 31.4. The molecule has 0 saturated heterocycles. The van der Waals surface area contributed by atoms with Crippen molar-refractivity contribution in [3.8, 4) is 33.4 Å². The van der Waals surface area contributed by atoms with E-state index in [1.54, 1.807) is 0 Å². The van der Waals surface area contributed by atoms with Crippen LogP contribution in [-0.2, 0) is 41.5 Å². The van der Waals surface area contributed by atoms with Gasteiger partial charge in [-0.2, -0.15) is 6.08 Å². The van der Waals surface area contributed by atoms with E-state index in [0.29, 0.717) is 0 Å². The number of rotatable bonds is 4. The predicted molar refractivity (Wildman–Crippen MR) is 219 cm³/mol. The Morgan fingerprint density at radius 1 is 0.558 bits per heavy atom. The number of fused-ring (bicyclic) bond motifs is 3. The Labute approximate surface area is 327 Å². The van der Waals surface area contributed by atoms with E-state index in [4.69, 9.17) is 0 Å². The monoisotopic (exact) mass is 750 g/mol. The van der Waals surface area contributed by atoms with Gasteiger partial charge in [0, 0.05) is 0 Å². The van der Waals surface area contributed by atoms with Gasteiger partial charge in [0.25, 0.3) is 0 Å². The van der Waals surface area contributed by atoms with Crippen molar-refractivity contribution in [1.82, 2.24) is 0 Å². The second-order valence-electron chi connectivity index (χ2n) is 15.5. The van der Waals surface area contributed by atoms with Gasteiger partial charge in [-0.05, 0) is 39.5 Å². The molecular weight excluding hydrogens is 704 g/mol. The maximum absolute atomic E-state index is 3.88. The summed E-state index contributed by atoms with van der Waals surface area (Å²) in [6.45, 7) is 13.9. The molecule has 0 aliphatic heterocycles. The standard InChI is InChI=1S/C33H33.C13H10.C5H5.Zr/c1-32(2,3)30-20-26-24(18-28(30)22-13-9-7-10-14-22)17-25-19-29(23-15-11-8-12-16-23)31(21-27(25)26)33(4,5)6;1-3-7-12(8-4-1)11-13-9-5-2-6-10-13;1-2-4-5-3-1;/h7-16,18,20-21H,17H2,1-6H3;1-10H;1-3H,4H2;/q-1;;-1;+2. The zero-order chi connectivity index (χ0) is 36.7. The molecule has 0 heterocycles. The van der Waals surface area contributed by atoms with E-state index in [9.17, 15) is 0 Å². The molecule has 6 aromatic rings. The van der Waals surface area contributed by atoms with E-state index in [1.165, 1.54) is 94.2 Å². The average molecular weight is 752 g/mol. The normalized spacial score (nSPS) is 12.6. The quantitative estimate of drug-likeness (QED) is 0.157. The van der Waals surface area contributed by atoms with Crippen molar-refractivity contribution in [1.29, 1.82) is 0 Å². The molecule has 0 nitrogen and oxygen atoms in total. The molecule has 2 aliphatic carbocycles. The Hall–Kier alpha value is -4.45. The van der Waals surface area contributed by atoms with E-state index in [2.05, 4.69) is 199 Å². The van der Waals surface area contributed by atoms with Gasteiger partial charge in [-0.15, -0.1) is 35.2 Å². The Balaban J connectivity index is 0.000000199. The molecular formula is C51H48Zr. The minimum absolute atomic E-state index is 0.0380. The summed E-state index contributed by atoms with van der Waals surface area (Å²) >= 11 is 1.46. The third kappa shape index (κ3) is 8.94. The van der Waals surface area contributed by atoms with Crippen LogP contribution in [0.1, 0.15) is 81.3 Å². The van der Waals surface area contributed by atoms with E-state index in [-0.39, 0.29) is 10.8 Å². The molecule has 1 heteroatoms. The summed E-state index contributed by atoms with van der Waals surface area (Å²) in [6.07, 6.45) is 10.9. The fourth-order valence-electron chi connectivity index (χ4n) is 6.82. The molecule has 0 fully saturated rings. The number of hydrogen-bond donors (Lipinski definition) is 0. The zero-order valence-corrected chi connectivity index (χ0v) is 33.9. The van der Waals surface area contributed by atoms with Crippen LogP contribution in [-0.4, -0.2) is 3.21 Å². The van der Waals surface area contributed by atoms with Gasteiger partial charge in [0.1, 0.15) is 0 Å². The van der Waals surface area contributed by atoms with Crippen molar-refractivity contribution in [3.05, 3.63) is 203 Å². The van der Waals surface area contributed by atoms with Crippen molar-refractivity contribution in [2.45, 2.75) is 65.2 Å². The first kappa shape index (κ1) is 37.3. The van der Waals surface area contributed by atoms with Crippen molar-refractivity contribution in [2.75, 3.05) is 0 Å². The number of benzene rings is 6. The molecule has 0 N–H and O–H groups in total. The Morgan fingerprint density at radius 3 is 1.52 bits per heavy atom. The van der Waals surface area contributed by atoms with E-state index < -0.39 is 0 Å². The third-order valence-electron chi connectivity index (χ3n) is 9.53. The summed E-state index contributed by atoms with van der Waals surface area (Å²) in [7, 11) is 0. The van der Waals surface area contributed by atoms with E-state index in [0.717, 1.165) is 12.8 Å². The Kier molecular flexibility index (Phi) is 11.8. The van der Waals surface area contributed by atoms with Gasteiger partial charge < -0.3 is 0 Å². The maximum atomic E-state index is 3.88. The number of allylic oxidation sites excluding steroid dienone is 4. The summed E-state index contributed by atoms with van der Waals surface area (Å²) in [6, 6.07) is 53.9. The predicted octanol–water partition coefficient (Wildman–Crippen LogP) is 13.1. The average Bonchev–Trinajstić information content (AvgIpc) is 3.86. The summed E-state index contributed by atoms with van der Waals surface area (Å²) in [4.78, 5) is 0. The summed E-state index contributed by atoms with van der Waals surface area (Å²) < 4.78 is 1.42. The fraction of sp³-hybridized carbons (Fsp3) is 0.196. The Morgan fingerprint density at radius 2 is 1.06 bits per heavy atom. The molecule has 52 heavy (non-hydrogen) atoms. The number of hydrogen-bond acceptors (Lipinski definition) is 0. The van der Waals surface area contributed by atoms with Crippen LogP contribution < -0.4 is 0 Å². The molecule has 2 aliphatic rings. The van der Waals surface area contributed by atoms with Crippen LogP contribution in [0.25, 0.3) is 33.4 Å². The van der Waals surface area contributed by atoms with Crippen LogP contribution in [0.2, 0.25) is 0 Å². The molecule has 0 unspecified atom stereocenters. The van der Waals surface area contributed by atoms with Crippen LogP contribution >= 0.6 is 0 Å². The molecule has 8 rings (SSSR count). The van der Waals surface area contributed by atoms with Gasteiger partial charge in [-0.1, -0.05) is 131 Å². The van der Waals surface area contributed by atoms with Gasteiger partial charge in [0.15, 0.2) is 0 Å². The topological polar surface area (TPSA) is 0 Å². The molecule has 256 valence electrons. The molecule has 6 aromatic carbocycles. The molecule has 0 amide bonds. The van der Waals surface area contributed by atoms with Gasteiger partial charge >= 0.3 is 99.2 Å². The van der Waals surface area contributed by atoms with E-state index in [1.807, 2.05) is 12.2 Å². The second kappa shape index (κ2) is 16.5. The first-order valence-corrected chi connectivity index (χ1v) is 19.5. The minimum atomic E-state index is 0.0380. The SMILES string of the molecule is CC(C)(C)c1cc2c([c-]c1-c1ccccc1)Cc1cc(-c3ccccc3)c(C(C)(C)C)cc1-2.[C-]1=CC=CC1.[Zr+2]=[C](c1ccccc1)c1ccccc1. The van der Waals surface area contributed by atoms with Crippen molar-refractivity contribution < 1.29 is 24.2 Å². The molecule has 0 saturated carbocycles. The molecule has 0 aromatic heterocycles. The van der Waals surface area contributed by atoms with Gasteiger partial charge in [-0.25, -0.2) is 12.2 Å². The summed E-state index contributed by atoms with van der Waals surface area (Å²) in [5, 5.41) is 0. The molecule has 0 radical (unpaired) electrons. The molecule has 0 spiro atoms. The fourth-order valence-corrected chi connectivity index (χ4v) is 7.64. The summed E-state index contributed by atoms with van der Waals surface area (Å²) in [5.41, 5.74) is 16.2. The van der Waals surface area contributed by atoms with E-state index >= 15 is 0 Å².